The lowest BCUT2D eigenvalue weighted by Gasteiger charge is -2.12. The minimum atomic E-state index is -0.835. The molecule has 0 fully saturated rings. The van der Waals surface area contributed by atoms with E-state index in [9.17, 15) is 9.90 Å². The molecular weight excluding hydrogens is 238 g/mol. The van der Waals surface area contributed by atoms with E-state index in [1.165, 1.54) is 0 Å². The van der Waals surface area contributed by atoms with Crippen LogP contribution in [0.5, 0.6) is 0 Å². The molecule has 0 saturated carbocycles. The first kappa shape index (κ1) is 11.8. The van der Waals surface area contributed by atoms with Gasteiger partial charge in [0, 0.05) is 17.1 Å². The number of hydrogen-bond acceptors (Lipinski definition) is 1. The van der Waals surface area contributed by atoms with Crippen molar-refractivity contribution in [2.24, 2.45) is 0 Å². The van der Waals surface area contributed by atoms with Crippen LogP contribution in [-0.2, 0) is 6.42 Å². The first-order valence-electron chi connectivity index (χ1n) is 6.39. The molecule has 0 spiro atoms. The van der Waals surface area contributed by atoms with Crippen molar-refractivity contribution in [2.75, 3.05) is 0 Å². The number of benzene rings is 1. The van der Waals surface area contributed by atoms with E-state index in [-0.39, 0.29) is 0 Å². The fraction of sp³-hybridized carbons (Fsp3) is 0.188. The lowest BCUT2D eigenvalue weighted by Crippen LogP contribution is -2.03. The van der Waals surface area contributed by atoms with Gasteiger partial charge in [-0.25, -0.2) is 4.79 Å². The maximum absolute atomic E-state index is 11.5. The summed E-state index contributed by atoms with van der Waals surface area (Å²) in [6, 6.07) is 9.90. The lowest BCUT2D eigenvalue weighted by molar-refractivity contribution is 0.0695. The van der Waals surface area contributed by atoms with Gasteiger partial charge in [-0.15, -0.1) is 0 Å². The molecule has 3 heteroatoms. The molecule has 1 aromatic carbocycles. The Kier molecular flexibility index (Phi) is 2.75. The van der Waals surface area contributed by atoms with Crippen LogP contribution in [0, 0.1) is 6.92 Å². The van der Waals surface area contributed by atoms with Gasteiger partial charge in [-0.05, 0) is 43.5 Å². The molecule has 0 saturated heterocycles. The van der Waals surface area contributed by atoms with Crippen molar-refractivity contribution in [1.29, 1.82) is 0 Å². The third kappa shape index (κ3) is 1.78. The molecule has 19 heavy (non-hydrogen) atoms. The zero-order valence-electron chi connectivity index (χ0n) is 10.8. The van der Waals surface area contributed by atoms with E-state index in [0.29, 0.717) is 5.56 Å². The summed E-state index contributed by atoms with van der Waals surface area (Å²) < 4.78 is 2.04. The van der Waals surface area contributed by atoms with Crippen LogP contribution in [0.4, 0.5) is 0 Å². The normalized spacial score (nSPS) is 13.3. The van der Waals surface area contributed by atoms with Crippen molar-refractivity contribution in [3.8, 4) is 5.69 Å². The summed E-state index contributed by atoms with van der Waals surface area (Å²) in [5, 5.41) is 9.44. The molecule has 96 valence electrons. The fourth-order valence-electron chi connectivity index (χ4n) is 2.82. The number of para-hydroxylation sites is 1. The number of aromatic carboxylic acids is 1. The molecule has 3 nitrogen and oxygen atoms in total. The molecular formula is C16H15NO2. The predicted octanol–water partition coefficient (Wildman–Crippen LogP) is 3.44. The number of fused-ring (bicyclic) bond motifs is 1. The van der Waals surface area contributed by atoms with Gasteiger partial charge in [0.05, 0.1) is 5.56 Å². The summed E-state index contributed by atoms with van der Waals surface area (Å²) in [5.41, 5.74) is 4.23. The molecule has 3 rings (SSSR count). The van der Waals surface area contributed by atoms with Crippen LogP contribution in [0.1, 0.15) is 33.7 Å². The highest BCUT2D eigenvalue weighted by Gasteiger charge is 2.24. The number of carboxylic acid groups (broad SMARTS) is 1. The van der Waals surface area contributed by atoms with Crippen LogP contribution in [0.25, 0.3) is 11.8 Å². The van der Waals surface area contributed by atoms with Gasteiger partial charge < -0.3 is 9.67 Å². The van der Waals surface area contributed by atoms with Crippen molar-refractivity contribution in [1.82, 2.24) is 4.57 Å². The Morgan fingerprint density at radius 2 is 2.00 bits per heavy atom. The van der Waals surface area contributed by atoms with Gasteiger partial charge in [-0.2, -0.15) is 0 Å². The number of allylic oxidation sites excluding steroid dienone is 1. The second-order valence-electron chi connectivity index (χ2n) is 4.74. The monoisotopic (exact) mass is 253 g/mol. The van der Waals surface area contributed by atoms with E-state index in [4.69, 9.17) is 0 Å². The highest BCUT2D eigenvalue weighted by atomic mass is 16.4. The highest BCUT2D eigenvalue weighted by Crippen LogP contribution is 2.31. The quantitative estimate of drug-likeness (QED) is 0.890. The molecule has 1 aliphatic carbocycles. The first-order chi connectivity index (χ1) is 9.20. The summed E-state index contributed by atoms with van der Waals surface area (Å²) in [7, 11) is 0. The summed E-state index contributed by atoms with van der Waals surface area (Å²) in [5.74, 6) is -0.835. The van der Waals surface area contributed by atoms with Gasteiger partial charge in [0.25, 0.3) is 0 Å². The molecule has 0 radical (unpaired) electrons. The van der Waals surface area contributed by atoms with E-state index in [1.54, 1.807) is 0 Å². The minimum absolute atomic E-state index is 0.461. The summed E-state index contributed by atoms with van der Waals surface area (Å²) in [6.45, 7) is 1.88. The molecule has 0 unspecified atom stereocenters. The van der Waals surface area contributed by atoms with Crippen molar-refractivity contribution < 1.29 is 9.90 Å². The van der Waals surface area contributed by atoms with Crippen LogP contribution in [-0.4, -0.2) is 15.6 Å². The van der Waals surface area contributed by atoms with Crippen molar-refractivity contribution in [2.45, 2.75) is 19.8 Å². The summed E-state index contributed by atoms with van der Waals surface area (Å²) in [6.07, 6.45) is 5.85. The number of nitrogens with zero attached hydrogens (tertiary/aromatic N) is 1. The SMILES string of the molecule is Cc1c(C(=O)O)c2c(n1-c1ccccc1)C=CCC2. The fourth-order valence-corrected chi connectivity index (χ4v) is 2.82. The predicted molar refractivity (Wildman–Crippen MR) is 74.8 cm³/mol. The molecule has 0 amide bonds. The number of carboxylic acids is 1. The largest absolute Gasteiger partial charge is 0.478 e. The standard InChI is InChI=1S/C16H15NO2/c1-11-15(16(18)19)13-9-5-6-10-14(13)17(11)12-7-3-2-4-8-12/h2-4,6-8,10H,5,9H2,1H3,(H,18,19). The summed E-state index contributed by atoms with van der Waals surface area (Å²) >= 11 is 0. The molecule has 0 aliphatic heterocycles. The molecule has 0 bridgehead atoms. The Morgan fingerprint density at radius 1 is 1.26 bits per heavy atom. The topological polar surface area (TPSA) is 42.2 Å². The zero-order chi connectivity index (χ0) is 13.4. The molecule has 2 aromatic rings. The van der Waals surface area contributed by atoms with E-state index in [2.05, 4.69) is 6.08 Å². The van der Waals surface area contributed by atoms with Crippen LogP contribution >= 0.6 is 0 Å². The van der Waals surface area contributed by atoms with Gasteiger partial charge in [0.2, 0.25) is 0 Å². The van der Waals surface area contributed by atoms with E-state index in [0.717, 1.165) is 35.5 Å². The third-order valence-electron chi connectivity index (χ3n) is 3.61. The Bertz CT molecular complexity index is 666. The molecule has 1 aromatic heterocycles. The molecule has 1 N–H and O–H groups in total. The molecule has 0 atom stereocenters. The van der Waals surface area contributed by atoms with Gasteiger partial charge >= 0.3 is 5.97 Å². The van der Waals surface area contributed by atoms with Crippen molar-refractivity contribution in [3.05, 3.63) is 58.9 Å². The average molecular weight is 253 g/mol. The lowest BCUT2D eigenvalue weighted by atomic mass is 9.99. The number of hydrogen-bond donors (Lipinski definition) is 1. The van der Waals surface area contributed by atoms with Crippen LogP contribution in [0.15, 0.2) is 36.4 Å². The van der Waals surface area contributed by atoms with Gasteiger partial charge in [0.1, 0.15) is 0 Å². The van der Waals surface area contributed by atoms with E-state index < -0.39 is 5.97 Å². The highest BCUT2D eigenvalue weighted by molar-refractivity contribution is 5.93. The van der Waals surface area contributed by atoms with E-state index in [1.807, 2.05) is 47.9 Å². The van der Waals surface area contributed by atoms with Crippen LogP contribution in [0.2, 0.25) is 0 Å². The Hall–Kier alpha value is -2.29. The average Bonchev–Trinajstić information content (AvgIpc) is 2.71. The first-order valence-corrected chi connectivity index (χ1v) is 6.39. The maximum Gasteiger partial charge on any atom is 0.337 e. The van der Waals surface area contributed by atoms with Gasteiger partial charge in [-0.1, -0.05) is 24.3 Å². The van der Waals surface area contributed by atoms with Crippen molar-refractivity contribution >= 4 is 12.0 Å². The van der Waals surface area contributed by atoms with Crippen molar-refractivity contribution in [3.63, 3.8) is 0 Å². The Balaban J connectivity index is 2.32. The third-order valence-corrected chi connectivity index (χ3v) is 3.61. The second kappa shape index (κ2) is 4.43. The Morgan fingerprint density at radius 3 is 2.68 bits per heavy atom. The number of carbonyl (C=O) groups is 1. The zero-order valence-corrected chi connectivity index (χ0v) is 10.8. The number of rotatable bonds is 2. The summed E-state index contributed by atoms with van der Waals surface area (Å²) in [4.78, 5) is 11.5. The maximum atomic E-state index is 11.5. The minimum Gasteiger partial charge on any atom is -0.478 e. The van der Waals surface area contributed by atoms with Crippen LogP contribution in [0.3, 0.4) is 0 Å². The Labute approximate surface area is 111 Å². The molecule has 1 heterocycles. The molecule has 1 aliphatic rings. The van der Waals surface area contributed by atoms with E-state index >= 15 is 0 Å². The number of aromatic nitrogens is 1. The smallest absolute Gasteiger partial charge is 0.337 e. The van der Waals surface area contributed by atoms with Gasteiger partial charge in [-0.3, -0.25) is 0 Å². The second-order valence-corrected chi connectivity index (χ2v) is 4.74. The van der Waals surface area contributed by atoms with Gasteiger partial charge in [0.15, 0.2) is 0 Å². The van der Waals surface area contributed by atoms with Crippen LogP contribution < -0.4 is 0 Å².